The Morgan fingerprint density at radius 3 is 2.74 bits per heavy atom. The number of rotatable bonds is 9. The van der Waals surface area contributed by atoms with E-state index in [9.17, 15) is 4.79 Å². The van der Waals surface area contributed by atoms with Crippen molar-refractivity contribution in [2.45, 2.75) is 46.0 Å². The molecule has 106 valence electrons. The van der Waals surface area contributed by atoms with E-state index in [1.165, 1.54) is 5.56 Å². The van der Waals surface area contributed by atoms with Gasteiger partial charge in [-0.2, -0.15) is 0 Å². The first-order valence-electron chi connectivity index (χ1n) is 7.13. The lowest BCUT2D eigenvalue weighted by Crippen LogP contribution is -2.04. The zero-order valence-electron chi connectivity index (χ0n) is 12.0. The highest BCUT2D eigenvalue weighted by Crippen LogP contribution is 2.14. The highest BCUT2D eigenvalue weighted by molar-refractivity contribution is 5.69. The van der Waals surface area contributed by atoms with E-state index in [2.05, 4.69) is 19.1 Å². The lowest BCUT2D eigenvalue weighted by molar-refractivity contribution is -0.143. The molecule has 0 N–H and O–H groups in total. The molecule has 0 unspecified atom stereocenters. The van der Waals surface area contributed by atoms with Crippen molar-refractivity contribution in [3.05, 3.63) is 29.8 Å². The van der Waals surface area contributed by atoms with Gasteiger partial charge in [-0.05, 0) is 50.3 Å². The standard InChI is InChI=1S/C16H24O3/c1-3-14-9-8-10-15(13-14)19-12-7-5-6-11-16(17)18-4-2/h8-10,13H,3-7,11-12H2,1-2H3. The second kappa shape index (κ2) is 9.42. The summed E-state index contributed by atoms with van der Waals surface area (Å²) >= 11 is 0. The summed E-state index contributed by atoms with van der Waals surface area (Å²) in [5.74, 6) is 0.837. The molecular weight excluding hydrogens is 240 g/mol. The topological polar surface area (TPSA) is 35.5 Å². The normalized spacial score (nSPS) is 10.2. The quantitative estimate of drug-likeness (QED) is 0.503. The molecule has 0 amide bonds. The third kappa shape index (κ3) is 6.85. The predicted octanol–water partition coefficient (Wildman–Crippen LogP) is 3.75. The van der Waals surface area contributed by atoms with Crippen LogP contribution in [-0.2, 0) is 16.0 Å². The summed E-state index contributed by atoms with van der Waals surface area (Å²) in [6.45, 7) is 5.14. The monoisotopic (exact) mass is 264 g/mol. The number of carbonyl (C=O) groups excluding carboxylic acids is 1. The Morgan fingerprint density at radius 2 is 2.00 bits per heavy atom. The third-order valence-corrected chi connectivity index (χ3v) is 2.91. The van der Waals surface area contributed by atoms with Gasteiger partial charge >= 0.3 is 5.97 Å². The average molecular weight is 264 g/mol. The van der Waals surface area contributed by atoms with E-state index >= 15 is 0 Å². The van der Waals surface area contributed by atoms with Crippen LogP contribution in [0.15, 0.2) is 24.3 Å². The number of benzene rings is 1. The smallest absolute Gasteiger partial charge is 0.305 e. The van der Waals surface area contributed by atoms with Gasteiger partial charge in [0.15, 0.2) is 0 Å². The molecule has 0 radical (unpaired) electrons. The number of hydrogen-bond acceptors (Lipinski definition) is 3. The molecule has 0 aliphatic carbocycles. The number of ether oxygens (including phenoxy) is 2. The van der Waals surface area contributed by atoms with E-state index in [0.29, 0.717) is 19.6 Å². The first-order valence-corrected chi connectivity index (χ1v) is 7.13. The minimum Gasteiger partial charge on any atom is -0.494 e. The van der Waals surface area contributed by atoms with Gasteiger partial charge in [0.2, 0.25) is 0 Å². The molecule has 19 heavy (non-hydrogen) atoms. The van der Waals surface area contributed by atoms with Gasteiger partial charge in [-0.25, -0.2) is 0 Å². The fraction of sp³-hybridized carbons (Fsp3) is 0.562. The van der Waals surface area contributed by atoms with Crippen LogP contribution in [0.2, 0.25) is 0 Å². The fourth-order valence-corrected chi connectivity index (χ4v) is 1.83. The Bertz CT molecular complexity index is 374. The van der Waals surface area contributed by atoms with Crippen LogP contribution in [0.3, 0.4) is 0 Å². The first-order chi connectivity index (χ1) is 9.26. The van der Waals surface area contributed by atoms with Crippen LogP contribution in [0, 0.1) is 0 Å². The molecule has 0 aliphatic rings. The van der Waals surface area contributed by atoms with E-state index in [0.717, 1.165) is 31.4 Å². The first kappa shape index (κ1) is 15.5. The molecule has 0 fully saturated rings. The van der Waals surface area contributed by atoms with Crippen LogP contribution >= 0.6 is 0 Å². The summed E-state index contributed by atoms with van der Waals surface area (Å²) < 4.78 is 10.6. The molecule has 0 atom stereocenters. The summed E-state index contributed by atoms with van der Waals surface area (Å²) in [4.78, 5) is 11.1. The molecule has 0 saturated carbocycles. The van der Waals surface area contributed by atoms with Crippen molar-refractivity contribution in [2.24, 2.45) is 0 Å². The van der Waals surface area contributed by atoms with Gasteiger partial charge in [0.1, 0.15) is 5.75 Å². The summed E-state index contributed by atoms with van der Waals surface area (Å²) in [6.07, 6.45) is 4.37. The lowest BCUT2D eigenvalue weighted by Gasteiger charge is -2.07. The van der Waals surface area contributed by atoms with Gasteiger partial charge < -0.3 is 9.47 Å². The van der Waals surface area contributed by atoms with Crippen molar-refractivity contribution in [1.82, 2.24) is 0 Å². The number of hydrogen-bond donors (Lipinski definition) is 0. The minimum absolute atomic E-state index is 0.0981. The van der Waals surface area contributed by atoms with Crippen molar-refractivity contribution < 1.29 is 14.3 Å². The second-order valence-corrected chi connectivity index (χ2v) is 4.47. The summed E-state index contributed by atoms with van der Waals surface area (Å²) in [5.41, 5.74) is 1.29. The fourth-order valence-electron chi connectivity index (χ4n) is 1.83. The van der Waals surface area contributed by atoms with Crippen molar-refractivity contribution >= 4 is 5.97 Å². The maximum absolute atomic E-state index is 11.1. The zero-order chi connectivity index (χ0) is 13.9. The van der Waals surface area contributed by atoms with Crippen molar-refractivity contribution in [3.8, 4) is 5.75 Å². The van der Waals surface area contributed by atoms with E-state index in [4.69, 9.17) is 9.47 Å². The van der Waals surface area contributed by atoms with Gasteiger partial charge in [0.25, 0.3) is 0 Å². The summed E-state index contributed by atoms with van der Waals surface area (Å²) in [7, 11) is 0. The van der Waals surface area contributed by atoms with Crippen molar-refractivity contribution in [3.63, 3.8) is 0 Å². The lowest BCUT2D eigenvalue weighted by atomic mass is 10.1. The molecule has 0 heterocycles. The van der Waals surface area contributed by atoms with E-state index in [1.807, 2.05) is 19.1 Å². The number of aryl methyl sites for hydroxylation is 1. The summed E-state index contributed by atoms with van der Waals surface area (Å²) in [5, 5.41) is 0. The molecular formula is C16H24O3. The number of unbranched alkanes of at least 4 members (excludes halogenated alkanes) is 2. The molecule has 0 aliphatic heterocycles. The molecule has 3 nitrogen and oxygen atoms in total. The Hall–Kier alpha value is -1.51. The Kier molecular flexibility index (Phi) is 7.71. The van der Waals surface area contributed by atoms with Crippen molar-refractivity contribution in [1.29, 1.82) is 0 Å². The number of esters is 1. The molecule has 0 spiro atoms. The van der Waals surface area contributed by atoms with Crippen LogP contribution in [0.1, 0.15) is 45.1 Å². The van der Waals surface area contributed by atoms with Gasteiger partial charge in [-0.15, -0.1) is 0 Å². The Balaban J connectivity index is 2.08. The van der Waals surface area contributed by atoms with E-state index < -0.39 is 0 Å². The van der Waals surface area contributed by atoms with Gasteiger partial charge in [-0.3, -0.25) is 4.79 Å². The van der Waals surface area contributed by atoms with Crippen molar-refractivity contribution in [2.75, 3.05) is 13.2 Å². The second-order valence-electron chi connectivity index (χ2n) is 4.47. The molecule has 3 heteroatoms. The van der Waals surface area contributed by atoms with Crippen LogP contribution < -0.4 is 4.74 Å². The molecule has 1 aromatic carbocycles. The Labute approximate surface area is 115 Å². The SMILES string of the molecule is CCOC(=O)CCCCCOc1cccc(CC)c1. The number of carbonyl (C=O) groups is 1. The molecule has 0 aromatic heterocycles. The van der Waals surface area contributed by atoms with Gasteiger partial charge in [-0.1, -0.05) is 19.1 Å². The van der Waals surface area contributed by atoms with Crippen LogP contribution in [0.25, 0.3) is 0 Å². The largest absolute Gasteiger partial charge is 0.494 e. The summed E-state index contributed by atoms with van der Waals surface area (Å²) in [6, 6.07) is 8.19. The van der Waals surface area contributed by atoms with E-state index in [1.54, 1.807) is 0 Å². The van der Waals surface area contributed by atoms with Crippen LogP contribution in [0.4, 0.5) is 0 Å². The predicted molar refractivity (Wildman–Crippen MR) is 76.4 cm³/mol. The molecule has 0 bridgehead atoms. The van der Waals surface area contributed by atoms with E-state index in [-0.39, 0.29) is 5.97 Å². The highest BCUT2D eigenvalue weighted by atomic mass is 16.5. The maximum atomic E-state index is 11.1. The van der Waals surface area contributed by atoms with Gasteiger partial charge in [0, 0.05) is 6.42 Å². The average Bonchev–Trinajstić information content (AvgIpc) is 2.43. The molecule has 0 saturated heterocycles. The minimum atomic E-state index is -0.0981. The maximum Gasteiger partial charge on any atom is 0.305 e. The highest BCUT2D eigenvalue weighted by Gasteiger charge is 2.01. The van der Waals surface area contributed by atoms with Gasteiger partial charge in [0.05, 0.1) is 13.2 Å². The third-order valence-electron chi connectivity index (χ3n) is 2.91. The van der Waals surface area contributed by atoms with Crippen LogP contribution in [0.5, 0.6) is 5.75 Å². The van der Waals surface area contributed by atoms with Crippen LogP contribution in [-0.4, -0.2) is 19.2 Å². The Morgan fingerprint density at radius 1 is 1.16 bits per heavy atom. The molecule has 1 aromatic rings. The zero-order valence-corrected chi connectivity index (χ0v) is 12.0. The molecule has 1 rings (SSSR count).